The highest BCUT2D eigenvalue weighted by Gasteiger charge is 2.27. The molecular formula is C17H27N3O2. The van der Waals surface area contributed by atoms with Gasteiger partial charge < -0.3 is 15.4 Å². The van der Waals surface area contributed by atoms with Gasteiger partial charge in [0, 0.05) is 31.0 Å². The van der Waals surface area contributed by atoms with Gasteiger partial charge in [-0.2, -0.15) is 0 Å². The summed E-state index contributed by atoms with van der Waals surface area (Å²) in [5, 5.41) is 6.52. The van der Waals surface area contributed by atoms with Gasteiger partial charge in [0.25, 0.3) is 0 Å². The molecule has 1 heterocycles. The maximum Gasteiger partial charge on any atom is 0.407 e. The van der Waals surface area contributed by atoms with Gasteiger partial charge in [-0.3, -0.25) is 4.98 Å². The first-order valence-corrected chi connectivity index (χ1v) is 7.96. The molecule has 2 unspecified atom stereocenters. The quantitative estimate of drug-likeness (QED) is 0.898. The highest BCUT2D eigenvalue weighted by molar-refractivity contribution is 5.68. The van der Waals surface area contributed by atoms with Crippen molar-refractivity contribution >= 4 is 6.09 Å². The molecule has 2 atom stereocenters. The van der Waals surface area contributed by atoms with Crippen molar-refractivity contribution in [2.45, 2.75) is 71.2 Å². The molecule has 2 N–H and O–H groups in total. The molecule has 0 aliphatic heterocycles. The zero-order valence-corrected chi connectivity index (χ0v) is 14.0. The number of ether oxygens (including phenoxy) is 1. The van der Waals surface area contributed by atoms with Crippen molar-refractivity contribution in [1.29, 1.82) is 0 Å². The van der Waals surface area contributed by atoms with Gasteiger partial charge in [0.05, 0.1) is 0 Å². The summed E-state index contributed by atoms with van der Waals surface area (Å²) in [5.74, 6) is 0. The van der Waals surface area contributed by atoms with Crippen LogP contribution in [0, 0.1) is 6.92 Å². The maximum atomic E-state index is 11.8. The number of nitrogens with one attached hydrogen (secondary N) is 2. The number of amides is 1. The van der Waals surface area contributed by atoms with Crippen molar-refractivity contribution in [3.8, 4) is 0 Å². The van der Waals surface area contributed by atoms with E-state index < -0.39 is 5.60 Å². The van der Waals surface area contributed by atoms with Crippen LogP contribution in [0.5, 0.6) is 0 Å². The summed E-state index contributed by atoms with van der Waals surface area (Å²) in [5.41, 5.74) is 2.04. The molecule has 5 nitrogen and oxygen atoms in total. The van der Waals surface area contributed by atoms with Crippen LogP contribution in [0.25, 0.3) is 0 Å². The van der Waals surface area contributed by atoms with Crippen molar-refractivity contribution < 1.29 is 9.53 Å². The van der Waals surface area contributed by atoms with Crippen LogP contribution in [-0.2, 0) is 11.3 Å². The van der Waals surface area contributed by atoms with E-state index in [1.54, 1.807) is 0 Å². The minimum atomic E-state index is -0.446. The fourth-order valence-corrected chi connectivity index (χ4v) is 2.71. The molecule has 0 bridgehead atoms. The first-order chi connectivity index (χ1) is 10.3. The fourth-order valence-electron chi connectivity index (χ4n) is 2.71. The van der Waals surface area contributed by atoms with Crippen molar-refractivity contribution in [2.24, 2.45) is 0 Å². The van der Waals surface area contributed by atoms with Crippen LogP contribution in [0.2, 0.25) is 0 Å². The van der Waals surface area contributed by atoms with E-state index in [1.165, 1.54) is 11.1 Å². The van der Waals surface area contributed by atoms with Crippen LogP contribution >= 0.6 is 0 Å². The Labute approximate surface area is 132 Å². The van der Waals surface area contributed by atoms with E-state index >= 15 is 0 Å². The number of aryl methyl sites for hydroxylation is 1. The molecule has 0 saturated heterocycles. The largest absolute Gasteiger partial charge is 0.444 e. The summed E-state index contributed by atoms with van der Waals surface area (Å²) < 4.78 is 5.30. The van der Waals surface area contributed by atoms with Gasteiger partial charge >= 0.3 is 6.09 Å². The Bertz CT molecular complexity index is 511. The topological polar surface area (TPSA) is 63.2 Å². The predicted octanol–water partition coefficient (Wildman–Crippen LogP) is 2.93. The molecule has 22 heavy (non-hydrogen) atoms. The lowest BCUT2D eigenvalue weighted by atomic mass is 10.1. The van der Waals surface area contributed by atoms with Crippen LogP contribution in [0.4, 0.5) is 4.79 Å². The van der Waals surface area contributed by atoms with Crippen molar-refractivity contribution in [2.75, 3.05) is 0 Å². The number of pyridine rings is 1. The van der Waals surface area contributed by atoms with Gasteiger partial charge in [-0.05, 0) is 64.2 Å². The summed E-state index contributed by atoms with van der Waals surface area (Å²) in [6.07, 6.45) is 6.41. The van der Waals surface area contributed by atoms with E-state index in [2.05, 4.69) is 22.5 Å². The lowest BCUT2D eigenvalue weighted by molar-refractivity contribution is 0.0505. The van der Waals surface area contributed by atoms with Crippen LogP contribution in [0.3, 0.4) is 0 Å². The Morgan fingerprint density at radius 3 is 2.77 bits per heavy atom. The van der Waals surface area contributed by atoms with Crippen molar-refractivity contribution in [1.82, 2.24) is 15.6 Å². The van der Waals surface area contributed by atoms with E-state index in [4.69, 9.17) is 4.74 Å². The number of alkyl carbamates (subject to hydrolysis) is 1. The Morgan fingerprint density at radius 1 is 1.36 bits per heavy atom. The Balaban J connectivity index is 1.74. The van der Waals surface area contributed by atoms with Crippen LogP contribution in [-0.4, -0.2) is 28.8 Å². The van der Waals surface area contributed by atoms with Gasteiger partial charge in [-0.15, -0.1) is 0 Å². The summed E-state index contributed by atoms with van der Waals surface area (Å²) in [6.45, 7) is 8.55. The number of carbonyl (C=O) groups is 1. The zero-order chi connectivity index (χ0) is 16.2. The van der Waals surface area contributed by atoms with Gasteiger partial charge in [0.2, 0.25) is 0 Å². The van der Waals surface area contributed by atoms with Crippen LogP contribution in [0.15, 0.2) is 18.5 Å². The SMILES string of the molecule is Cc1ccncc1CNC1CCC(NC(=O)OC(C)(C)C)C1. The summed E-state index contributed by atoms with van der Waals surface area (Å²) in [7, 11) is 0. The van der Waals surface area contributed by atoms with Gasteiger partial charge in [0.15, 0.2) is 0 Å². The molecule has 1 aromatic heterocycles. The lowest BCUT2D eigenvalue weighted by Gasteiger charge is -2.22. The Morgan fingerprint density at radius 2 is 2.09 bits per heavy atom. The third-order valence-corrected chi connectivity index (χ3v) is 3.88. The second-order valence-electron chi connectivity index (χ2n) is 7.04. The molecule has 1 amide bonds. The summed E-state index contributed by atoms with van der Waals surface area (Å²) in [6, 6.07) is 2.65. The second kappa shape index (κ2) is 7.09. The summed E-state index contributed by atoms with van der Waals surface area (Å²) >= 11 is 0. The van der Waals surface area contributed by atoms with Crippen LogP contribution in [0.1, 0.15) is 51.2 Å². The summed E-state index contributed by atoms with van der Waals surface area (Å²) in [4.78, 5) is 15.9. The molecule has 122 valence electrons. The molecule has 0 aromatic carbocycles. The monoisotopic (exact) mass is 305 g/mol. The molecule has 0 spiro atoms. The number of rotatable bonds is 4. The highest BCUT2D eigenvalue weighted by atomic mass is 16.6. The standard InChI is InChI=1S/C17H27N3O2/c1-12-7-8-18-10-13(12)11-19-14-5-6-15(9-14)20-16(21)22-17(2,3)4/h7-8,10,14-15,19H,5-6,9,11H2,1-4H3,(H,20,21). The number of carbonyl (C=O) groups excluding carboxylic acids is 1. The minimum Gasteiger partial charge on any atom is -0.444 e. The molecule has 5 heteroatoms. The highest BCUT2D eigenvalue weighted by Crippen LogP contribution is 2.20. The molecule has 1 fully saturated rings. The van der Waals surface area contributed by atoms with Gasteiger partial charge in [-0.1, -0.05) is 0 Å². The predicted molar refractivity (Wildman–Crippen MR) is 86.6 cm³/mol. The first-order valence-electron chi connectivity index (χ1n) is 7.96. The number of hydrogen-bond acceptors (Lipinski definition) is 4. The average Bonchev–Trinajstić information content (AvgIpc) is 2.83. The van der Waals surface area contributed by atoms with E-state index in [0.717, 1.165) is 25.8 Å². The van der Waals surface area contributed by atoms with E-state index in [1.807, 2.05) is 39.2 Å². The zero-order valence-electron chi connectivity index (χ0n) is 14.0. The maximum absolute atomic E-state index is 11.8. The molecular weight excluding hydrogens is 278 g/mol. The third kappa shape index (κ3) is 5.30. The number of hydrogen-bond donors (Lipinski definition) is 2. The molecule has 2 rings (SSSR count). The third-order valence-electron chi connectivity index (χ3n) is 3.88. The number of aromatic nitrogens is 1. The van der Waals surface area contributed by atoms with Crippen LogP contribution < -0.4 is 10.6 Å². The first kappa shape index (κ1) is 16.7. The van der Waals surface area contributed by atoms with Crippen molar-refractivity contribution in [3.05, 3.63) is 29.6 Å². The smallest absolute Gasteiger partial charge is 0.407 e. The van der Waals surface area contributed by atoms with E-state index in [9.17, 15) is 4.79 Å². The van der Waals surface area contributed by atoms with E-state index in [-0.39, 0.29) is 12.1 Å². The fraction of sp³-hybridized carbons (Fsp3) is 0.647. The molecule has 1 saturated carbocycles. The van der Waals surface area contributed by atoms with Crippen molar-refractivity contribution in [3.63, 3.8) is 0 Å². The molecule has 0 radical (unpaired) electrons. The van der Waals surface area contributed by atoms with E-state index in [0.29, 0.717) is 6.04 Å². The molecule has 1 aromatic rings. The minimum absolute atomic E-state index is 0.197. The Kier molecular flexibility index (Phi) is 5.40. The van der Waals surface area contributed by atoms with Gasteiger partial charge in [-0.25, -0.2) is 4.79 Å². The number of nitrogens with zero attached hydrogens (tertiary/aromatic N) is 1. The molecule has 1 aliphatic rings. The second-order valence-corrected chi connectivity index (χ2v) is 7.04. The van der Waals surface area contributed by atoms with Gasteiger partial charge in [0.1, 0.15) is 5.60 Å². The average molecular weight is 305 g/mol. The molecule has 1 aliphatic carbocycles. The normalized spacial score (nSPS) is 21.6. The lowest BCUT2D eigenvalue weighted by Crippen LogP contribution is -2.39. The Hall–Kier alpha value is -1.62.